The predicted molar refractivity (Wildman–Crippen MR) is 137 cm³/mol. The summed E-state index contributed by atoms with van der Waals surface area (Å²) in [6.07, 6.45) is 0.572. The van der Waals surface area contributed by atoms with Gasteiger partial charge in [-0.15, -0.1) is 5.10 Å². The van der Waals surface area contributed by atoms with Gasteiger partial charge >= 0.3 is 6.09 Å². The number of nitriles is 1. The maximum absolute atomic E-state index is 12.5. The molecule has 190 valence electrons. The smallest absolute Gasteiger partial charge is 0.415 e. The van der Waals surface area contributed by atoms with E-state index in [2.05, 4.69) is 42.2 Å². The van der Waals surface area contributed by atoms with Crippen molar-refractivity contribution in [2.45, 2.75) is 26.2 Å². The molecule has 1 fully saturated rings. The van der Waals surface area contributed by atoms with Crippen molar-refractivity contribution < 1.29 is 19.0 Å². The van der Waals surface area contributed by atoms with E-state index in [1.165, 1.54) is 5.56 Å². The summed E-state index contributed by atoms with van der Waals surface area (Å²) in [5.41, 5.74) is 4.46. The molecule has 1 saturated heterocycles. The first-order chi connectivity index (χ1) is 17.9. The molecule has 2 aromatic carbocycles. The Kier molecular flexibility index (Phi) is 6.93. The van der Waals surface area contributed by atoms with Crippen LogP contribution in [0.4, 0.5) is 4.79 Å². The molecule has 2 aliphatic heterocycles. The maximum atomic E-state index is 12.5. The van der Waals surface area contributed by atoms with Crippen LogP contribution in [0.15, 0.2) is 48.5 Å². The van der Waals surface area contributed by atoms with Gasteiger partial charge in [-0.1, -0.05) is 50.2 Å². The van der Waals surface area contributed by atoms with Gasteiger partial charge in [-0.3, -0.25) is 10.5 Å². The highest BCUT2D eigenvalue weighted by Gasteiger charge is 2.40. The number of ether oxygens (including phenoxy) is 3. The number of rotatable bonds is 5. The third kappa shape index (κ3) is 5.06. The van der Waals surface area contributed by atoms with Crippen molar-refractivity contribution in [1.29, 1.82) is 10.7 Å². The molecule has 0 spiro atoms. The lowest BCUT2D eigenvalue weighted by Crippen LogP contribution is -2.42. The first-order valence-electron chi connectivity index (χ1n) is 12.4. The first kappa shape index (κ1) is 24.5. The molecule has 3 heterocycles. The van der Waals surface area contributed by atoms with Gasteiger partial charge in [0.05, 0.1) is 30.5 Å². The van der Waals surface area contributed by atoms with Crippen LogP contribution < -0.4 is 9.47 Å². The number of nitrogens with zero attached hydrogens (tertiary/aromatic N) is 3. The van der Waals surface area contributed by atoms with Gasteiger partial charge < -0.3 is 19.1 Å². The van der Waals surface area contributed by atoms with Gasteiger partial charge in [-0.25, -0.2) is 4.79 Å². The lowest BCUT2D eigenvalue weighted by molar-refractivity contribution is 0.0416. The largest absolute Gasteiger partial charge is 0.422 e. The second-order valence-corrected chi connectivity index (χ2v) is 9.70. The van der Waals surface area contributed by atoms with Crippen LogP contribution in [0, 0.1) is 28.6 Å². The average Bonchev–Trinajstić information content (AvgIpc) is 3.32. The number of carbonyl (C=O) groups excluding carboxylic acids is 1. The molecule has 0 saturated carbocycles. The van der Waals surface area contributed by atoms with Crippen molar-refractivity contribution in [2.24, 2.45) is 11.8 Å². The number of hydrogen-bond donors (Lipinski definition) is 2. The van der Waals surface area contributed by atoms with Gasteiger partial charge in [-0.2, -0.15) is 5.26 Å². The van der Waals surface area contributed by atoms with E-state index in [1.807, 2.05) is 24.3 Å². The zero-order chi connectivity index (χ0) is 25.9. The molecule has 0 radical (unpaired) electrons. The highest BCUT2D eigenvalue weighted by Crippen LogP contribution is 2.46. The number of amides is 1. The van der Waals surface area contributed by atoms with Crippen LogP contribution in [0.5, 0.6) is 11.6 Å². The summed E-state index contributed by atoms with van der Waals surface area (Å²) in [6, 6.07) is 17.6. The number of nitrogens with one attached hydrogen (secondary N) is 2. The van der Waals surface area contributed by atoms with Crippen LogP contribution in [-0.4, -0.2) is 53.4 Å². The van der Waals surface area contributed by atoms with Crippen LogP contribution >= 0.6 is 0 Å². The molecule has 2 atom stereocenters. The van der Waals surface area contributed by atoms with Crippen LogP contribution in [0.2, 0.25) is 0 Å². The van der Waals surface area contributed by atoms with E-state index < -0.39 is 17.9 Å². The third-order valence-corrected chi connectivity index (χ3v) is 6.64. The highest BCUT2D eigenvalue weighted by molar-refractivity contribution is 5.86. The molecule has 0 aliphatic carbocycles. The fourth-order valence-corrected chi connectivity index (χ4v) is 4.83. The van der Waals surface area contributed by atoms with Crippen molar-refractivity contribution in [3.63, 3.8) is 0 Å². The monoisotopic (exact) mass is 499 g/mol. The summed E-state index contributed by atoms with van der Waals surface area (Å²) >= 11 is 0. The standard InChI is InChI=1S/C28H29N5O4/c1-17(2)15-18-3-5-20(6-4-18)25-24-23(22(16-29)26(30)37-27(24)32-31-25)19-7-9-21(10-8-19)36-28(34)33-11-13-35-14-12-33/h3-10,17,22-23,30H,11-15H2,1-2H3,(H,31,32). The Morgan fingerprint density at radius 3 is 2.54 bits per heavy atom. The number of aromatic amines is 1. The quantitative estimate of drug-likeness (QED) is 0.522. The Morgan fingerprint density at radius 2 is 1.89 bits per heavy atom. The van der Waals surface area contributed by atoms with Gasteiger partial charge in [0.15, 0.2) is 0 Å². The summed E-state index contributed by atoms with van der Waals surface area (Å²) in [5.74, 6) is -0.190. The predicted octanol–water partition coefficient (Wildman–Crippen LogP) is 4.75. The summed E-state index contributed by atoms with van der Waals surface area (Å²) < 4.78 is 16.5. The summed E-state index contributed by atoms with van der Waals surface area (Å²) in [6.45, 7) is 6.36. The molecule has 2 unspecified atom stereocenters. The second-order valence-electron chi connectivity index (χ2n) is 9.70. The number of H-pyrrole nitrogens is 1. The van der Waals surface area contributed by atoms with Gasteiger partial charge in [0.1, 0.15) is 11.7 Å². The number of carbonyl (C=O) groups is 1. The number of fused-ring (bicyclic) bond motifs is 1. The number of benzene rings is 2. The second kappa shape index (κ2) is 10.4. The molecule has 37 heavy (non-hydrogen) atoms. The van der Waals surface area contributed by atoms with Crippen molar-refractivity contribution in [2.75, 3.05) is 26.3 Å². The topological polar surface area (TPSA) is 124 Å². The van der Waals surface area contributed by atoms with E-state index >= 15 is 0 Å². The molecule has 1 amide bonds. The molecule has 1 aromatic heterocycles. The zero-order valence-corrected chi connectivity index (χ0v) is 20.9. The van der Waals surface area contributed by atoms with Crippen LogP contribution in [0.3, 0.4) is 0 Å². The van der Waals surface area contributed by atoms with Crippen LogP contribution in [-0.2, 0) is 11.2 Å². The minimum absolute atomic E-state index is 0.145. The fraction of sp³-hybridized carbons (Fsp3) is 0.357. The number of hydrogen-bond acceptors (Lipinski definition) is 7. The lowest BCUT2D eigenvalue weighted by Gasteiger charge is -2.28. The molecular formula is C28H29N5O4. The normalized spacial score (nSPS) is 19.2. The Labute approximate surface area is 215 Å². The van der Waals surface area contributed by atoms with Gasteiger partial charge in [0.2, 0.25) is 11.8 Å². The Morgan fingerprint density at radius 1 is 1.19 bits per heavy atom. The fourth-order valence-electron chi connectivity index (χ4n) is 4.83. The van der Waals surface area contributed by atoms with Crippen molar-refractivity contribution in [3.05, 3.63) is 65.2 Å². The van der Waals surface area contributed by atoms with E-state index in [0.717, 1.165) is 28.8 Å². The molecule has 5 rings (SSSR count). The average molecular weight is 500 g/mol. The lowest BCUT2D eigenvalue weighted by atomic mass is 9.79. The van der Waals surface area contributed by atoms with Crippen LogP contribution in [0.25, 0.3) is 11.3 Å². The molecule has 2 aliphatic rings. The molecule has 9 nitrogen and oxygen atoms in total. The third-order valence-electron chi connectivity index (χ3n) is 6.64. The summed E-state index contributed by atoms with van der Waals surface area (Å²) in [7, 11) is 0. The molecular weight excluding hydrogens is 470 g/mol. The molecule has 0 bridgehead atoms. The van der Waals surface area contributed by atoms with E-state index in [4.69, 9.17) is 19.6 Å². The number of morpholine rings is 1. The highest BCUT2D eigenvalue weighted by atomic mass is 16.6. The summed E-state index contributed by atoms with van der Waals surface area (Å²) in [4.78, 5) is 14.1. The van der Waals surface area contributed by atoms with Gasteiger partial charge in [0.25, 0.3) is 0 Å². The minimum Gasteiger partial charge on any atom is -0.422 e. The molecule has 3 aromatic rings. The van der Waals surface area contributed by atoms with E-state index in [1.54, 1.807) is 17.0 Å². The SMILES string of the molecule is CC(C)Cc1ccc(-c2[nH]nc3c2C(c2ccc(OC(=O)N4CCOCC4)cc2)C(C#N)C(=N)O3)cc1. The van der Waals surface area contributed by atoms with Crippen molar-refractivity contribution >= 4 is 12.0 Å². The summed E-state index contributed by atoms with van der Waals surface area (Å²) in [5, 5.41) is 25.7. The van der Waals surface area contributed by atoms with E-state index in [0.29, 0.717) is 43.9 Å². The Bertz CT molecular complexity index is 1320. The minimum atomic E-state index is -0.828. The number of aromatic nitrogens is 2. The van der Waals surface area contributed by atoms with E-state index in [9.17, 15) is 10.1 Å². The van der Waals surface area contributed by atoms with E-state index in [-0.39, 0.29) is 5.90 Å². The van der Waals surface area contributed by atoms with Gasteiger partial charge in [0, 0.05) is 19.0 Å². The Hall–Kier alpha value is -4.16. The van der Waals surface area contributed by atoms with Gasteiger partial charge in [-0.05, 0) is 41.2 Å². The molecule has 2 N–H and O–H groups in total. The van der Waals surface area contributed by atoms with Crippen molar-refractivity contribution in [1.82, 2.24) is 15.1 Å². The zero-order valence-electron chi connectivity index (χ0n) is 20.9. The molecule has 9 heteroatoms. The van der Waals surface area contributed by atoms with Crippen LogP contribution in [0.1, 0.15) is 36.5 Å². The van der Waals surface area contributed by atoms with Crippen molar-refractivity contribution in [3.8, 4) is 29.0 Å². The maximum Gasteiger partial charge on any atom is 0.415 e. The first-order valence-corrected chi connectivity index (χ1v) is 12.4. The Balaban J connectivity index is 1.45.